The number of aldehydes is 1. The SMILES string of the molecule is Cc1c(C=O)c(CC(C)C)nn1-c1ccccn1. The fourth-order valence-electron chi connectivity index (χ4n) is 1.97. The van der Waals surface area contributed by atoms with Crippen molar-refractivity contribution in [2.45, 2.75) is 27.2 Å². The molecule has 2 aromatic heterocycles. The van der Waals surface area contributed by atoms with Crippen LogP contribution in [0, 0.1) is 12.8 Å². The lowest BCUT2D eigenvalue weighted by Gasteiger charge is -2.02. The van der Waals surface area contributed by atoms with Crippen LogP contribution in [0.4, 0.5) is 0 Å². The van der Waals surface area contributed by atoms with Gasteiger partial charge in [0.2, 0.25) is 0 Å². The second-order valence-electron chi connectivity index (χ2n) is 4.76. The van der Waals surface area contributed by atoms with Crippen LogP contribution in [-0.4, -0.2) is 21.1 Å². The molecule has 0 spiro atoms. The van der Waals surface area contributed by atoms with Crippen LogP contribution >= 0.6 is 0 Å². The van der Waals surface area contributed by atoms with Gasteiger partial charge >= 0.3 is 0 Å². The smallest absolute Gasteiger partial charge is 0.153 e. The fraction of sp³-hybridized carbons (Fsp3) is 0.357. The Balaban J connectivity index is 2.50. The quantitative estimate of drug-likeness (QED) is 0.775. The van der Waals surface area contributed by atoms with E-state index in [1.165, 1.54) is 0 Å². The average Bonchev–Trinajstić information content (AvgIpc) is 2.66. The molecule has 2 aromatic rings. The van der Waals surface area contributed by atoms with Crippen LogP contribution < -0.4 is 0 Å². The number of hydrogen-bond donors (Lipinski definition) is 0. The van der Waals surface area contributed by atoms with E-state index < -0.39 is 0 Å². The Bertz CT molecular complexity index is 544. The maximum atomic E-state index is 11.2. The summed E-state index contributed by atoms with van der Waals surface area (Å²) < 4.78 is 1.74. The predicted octanol–water partition coefficient (Wildman–Crippen LogP) is 2.59. The second kappa shape index (κ2) is 5.12. The summed E-state index contributed by atoms with van der Waals surface area (Å²) in [5.41, 5.74) is 2.39. The molecule has 0 fully saturated rings. The van der Waals surface area contributed by atoms with Crippen molar-refractivity contribution in [2.24, 2.45) is 5.92 Å². The van der Waals surface area contributed by atoms with E-state index in [0.717, 1.165) is 29.9 Å². The molecule has 0 bridgehead atoms. The van der Waals surface area contributed by atoms with Gasteiger partial charge < -0.3 is 0 Å². The lowest BCUT2D eigenvalue weighted by molar-refractivity contribution is 0.112. The molecule has 2 rings (SSSR count). The van der Waals surface area contributed by atoms with Gasteiger partial charge in [0.05, 0.1) is 17.0 Å². The molecule has 94 valence electrons. The highest BCUT2D eigenvalue weighted by Gasteiger charge is 2.16. The molecule has 0 aromatic carbocycles. The van der Waals surface area contributed by atoms with Crippen LogP contribution in [0.25, 0.3) is 5.82 Å². The first kappa shape index (κ1) is 12.5. The fourth-order valence-corrected chi connectivity index (χ4v) is 1.97. The normalized spacial score (nSPS) is 10.9. The van der Waals surface area contributed by atoms with Gasteiger partial charge in [-0.1, -0.05) is 19.9 Å². The van der Waals surface area contributed by atoms with Gasteiger partial charge in [0.25, 0.3) is 0 Å². The Kier molecular flexibility index (Phi) is 3.55. The molecule has 4 nitrogen and oxygen atoms in total. The summed E-state index contributed by atoms with van der Waals surface area (Å²) in [6.07, 6.45) is 3.41. The van der Waals surface area contributed by atoms with Crippen molar-refractivity contribution in [3.8, 4) is 5.82 Å². The molecular formula is C14H17N3O. The molecular weight excluding hydrogens is 226 g/mol. The third-order valence-corrected chi connectivity index (χ3v) is 2.82. The van der Waals surface area contributed by atoms with E-state index in [2.05, 4.69) is 23.9 Å². The minimum atomic E-state index is 0.468. The van der Waals surface area contributed by atoms with Gasteiger partial charge in [0, 0.05) is 6.20 Å². The van der Waals surface area contributed by atoms with Crippen LogP contribution in [-0.2, 0) is 6.42 Å². The van der Waals surface area contributed by atoms with Crippen molar-refractivity contribution in [1.29, 1.82) is 0 Å². The minimum Gasteiger partial charge on any atom is -0.298 e. The molecule has 18 heavy (non-hydrogen) atoms. The summed E-state index contributed by atoms with van der Waals surface area (Å²) >= 11 is 0. The first-order valence-corrected chi connectivity index (χ1v) is 6.08. The van der Waals surface area contributed by atoms with Crippen molar-refractivity contribution in [1.82, 2.24) is 14.8 Å². The van der Waals surface area contributed by atoms with Crippen LogP contribution in [0.3, 0.4) is 0 Å². The Morgan fingerprint density at radius 1 is 1.39 bits per heavy atom. The van der Waals surface area contributed by atoms with E-state index in [1.807, 2.05) is 25.1 Å². The van der Waals surface area contributed by atoms with E-state index in [-0.39, 0.29) is 0 Å². The van der Waals surface area contributed by atoms with Gasteiger partial charge in [-0.25, -0.2) is 9.67 Å². The number of hydrogen-bond acceptors (Lipinski definition) is 3. The highest BCUT2D eigenvalue weighted by atomic mass is 16.1. The number of rotatable bonds is 4. The number of nitrogens with zero attached hydrogens (tertiary/aromatic N) is 3. The molecule has 0 unspecified atom stereocenters. The molecule has 2 heterocycles. The maximum Gasteiger partial charge on any atom is 0.153 e. The zero-order valence-corrected chi connectivity index (χ0v) is 10.9. The van der Waals surface area contributed by atoms with E-state index >= 15 is 0 Å². The molecule has 0 saturated carbocycles. The molecule has 0 atom stereocenters. The van der Waals surface area contributed by atoms with Gasteiger partial charge in [-0.15, -0.1) is 0 Å². The average molecular weight is 243 g/mol. The topological polar surface area (TPSA) is 47.8 Å². The van der Waals surface area contributed by atoms with E-state index in [0.29, 0.717) is 11.5 Å². The first-order valence-electron chi connectivity index (χ1n) is 6.08. The van der Waals surface area contributed by atoms with Gasteiger partial charge in [0.1, 0.15) is 0 Å². The summed E-state index contributed by atoms with van der Waals surface area (Å²) in [4.78, 5) is 15.5. The molecule has 0 saturated heterocycles. The summed E-state index contributed by atoms with van der Waals surface area (Å²) in [6, 6.07) is 5.65. The molecule has 4 heteroatoms. The minimum absolute atomic E-state index is 0.468. The second-order valence-corrected chi connectivity index (χ2v) is 4.76. The van der Waals surface area contributed by atoms with Crippen molar-refractivity contribution < 1.29 is 4.79 Å². The van der Waals surface area contributed by atoms with Crippen LogP contribution in [0.5, 0.6) is 0 Å². The van der Waals surface area contributed by atoms with Crippen molar-refractivity contribution in [2.75, 3.05) is 0 Å². The van der Waals surface area contributed by atoms with Gasteiger partial charge in [0.15, 0.2) is 12.1 Å². The molecule has 0 aliphatic rings. The molecule has 0 aliphatic heterocycles. The Hall–Kier alpha value is -1.97. The molecule has 0 N–H and O–H groups in total. The first-order chi connectivity index (χ1) is 8.63. The van der Waals surface area contributed by atoms with Crippen LogP contribution in [0.15, 0.2) is 24.4 Å². The van der Waals surface area contributed by atoms with Crippen LogP contribution in [0.1, 0.15) is 35.6 Å². The molecule has 0 amide bonds. The third kappa shape index (κ3) is 2.32. The Morgan fingerprint density at radius 3 is 2.72 bits per heavy atom. The summed E-state index contributed by atoms with van der Waals surface area (Å²) in [7, 11) is 0. The third-order valence-electron chi connectivity index (χ3n) is 2.82. The largest absolute Gasteiger partial charge is 0.298 e. The highest BCUT2D eigenvalue weighted by molar-refractivity contribution is 5.78. The van der Waals surface area contributed by atoms with Crippen molar-refractivity contribution in [3.63, 3.8) is 0 Å². The standard InChI is InChI=1S/C14H17N3O/c1-10(2)8-13-12(9-18)11(3)17(16-13)14-6-4-5-7-15-14/h4-7,9-10H,8H2,1-3H3. The zero-order valence-electron chi connectivity index (χ0n) is 10.9. The Labute approximate surface area is 107 Å². The number of carbonyl (C=O) groups is 1. The van der Waals surface area contributed by atoms with E-state index in [1.54, 1.807) is 10.9 Å². The van der Waals surface area contributed by atoms with E-state index in [9.17, 15) is 4.79 Å². The molecule has 0 aliphatic carbocycles. The summed E-state index contributed by atoms with van der Waals surface area (Å²) in [6.45, 7) is 6.13. The predicted molar refractivity (Wildman–Crippen MR) is 70.0 cm³/mol. The van der Waals surface area contributed by atoms with Crippen molar-refractivity contribution >= 4 is 6.29 Å². The van der Waals surface area contributed by atoms with Crippen molar-refractivity contribution in [3.05, 3.63) is 41.3 Å². The lowest BCUT2D eigenvalue weighted by Crippen LogP contribution is -2.02. The Morgan fingerprint density at radius 2 is 2.17 bits per heavy atom. The number of pyridine rings is 1. The number of aromatic nitrogens is 3. The maximum absolute atomic E-state index is 11.2. The van der Waals surface area contributed by atoms with Gasteiger partial charge in [-0.3, -0.25) is 4.79 Å². The highest BCUT2D eigenvalue weighted by Crippen LogP contribution is 2.18. The zero-order chi connectivity index (χ0) is 13.1. The molecule has 0 radical (unpaired) electrons. The summed E-state index contributed by atoms with van der Waals surface area (Å²) in [5, 5.41) is 4.51. The van der Waals surface area contributed by atoms with Gasteiger partial charge in [-0.05, 0) is 31.4 Å². The summed E-state index contributed by atoms with van der Waals surface area (Å²) in [5.74, 6) is 1.21. The monoisotopic (exact) mass is 243 g/mol. The lowest BCUT2D eigenvalue weighted by atomic mass is 10.0. The number of carbonyl (C=O) groups excluding carboxylic acids is 1. The van der Waals surface area contributed by atoms with Crippen LogP contribution in [0.2, 0.25) is 0 Å². The van der Waals surface area contributed by atoms with E-state index in [4.69, 9.17) is 0 Å². The van der Waals surface area contributed by atoms with Gasteiger partial charge in [-0.2, -0.15) is 5.10 Å².